The number of benzene rings is 1. The molecular weight excluding hydrogens is 528 g/mol. The zero-order chi connectivity index (χ0) is 25.4. The first kappa shape index (κ1) is 24.4. The molecule has 2 aliphatic rings. The van der Waals surface area contributed by atoms with Crippen LogP contribution in [0.4, 0.5) is 25.2 Å². The lowest BCUT2D eigenvalue weighted by Crippen LogP contribution is -2.24. The Hall–Kier alpha value is -2.74. The maximum atomic E-state index is 13.3. The predicted octanol–water partition coefficient (Wildman–Crippen LogP) is 6.54. The maximum absolute atomic E-state index is 13.3. The van der Waals surface area contributed by atoms with E-state index in [1.54, 1.807) is 6.07 Å². The summed E-state index contributed by atoms with van der Waals surface area (Å²) in [6, 6.07) is 3.89. The Bertz CT molecular complexity index is 1320. The Kier molecular flexibility index (Phi) is 4.79. The average molecular weight is 542 g/mol. The number of hydrogen-bond donors (Lipinski definition) is 2. The van der Waals surface area contributed by atoms with Gasteiger partial charge in [0.15, 0.2) is 5.69 Å². The van der Waals surface area contributed by atoms with E-state index in [1.165, 1.54) is 0 Å². The Morgan fingerprint density at radius 3 is 2.09 bits per heavy atom. The van der Waals surface area contributed by atoms with Crippen LogP contribution in [-0.4, -0.2) is 27.4 Å². The van der Waals surface area contributed by atoms with Crippen molar-refractivity contribution in [2.45, 2.75) is 36.0 Å². The summed E-state index contributed by atoms with van der Waals surface area (Å²) >= 11 is 11.9. The highest BCUT2D eigenvalue weighted by molar-refractivity contribution is 8.45. The van der Waals surface area contributed by atoms with Crippen LogP contribution in [0.3, 0.4) is 0 Å². The number of aromatic nitrogens is 2. The number of carboxylic acids is 1. The van der Waals surface area contributed by atoms with Crippen molar-refractivity contribution in [2.24, 2.45) is 5.41 Å². The molecule has 0 atom stereocenters. The Morgan fingerprint density at radius 2 is 1.71 bits per heavy atom. The van der Waals surface area contributed by atoms with E-state index in [0.717, 1.165) is 4.68 Å². The van der Waals surface area contributed by atoms with Gasteiger partial charge in [0.1, 0.15) is 22.5 Å². The summed E-state index contributed by atoms with van der Waals surface area (Å²) in [5.41, 5.74) is -3.09. The zero-order valence-corrected chi connectivity index (χ0v) is 19.2. The van der Waals surface area contributed by atoms with Gasteiger partial charge in [-0.1, -0.05) is 42.6 Å². The quantitative estimate of drug-likeness (QED) is 0.384. The average Bonchev–Trinajstić information content (AvgIpc) is 3.62. The van der Waals surface area contributed by atoms with E-state index in [0.29, 0.717) is 12.8 Å². The van der Waals surface area contributed by atoms with E-state index in [1.807, 2.05) is 0 Å². The van der Waals surface area contributed by atoms with Crippen molar-refractivity contribution in [1.29, 1.82) is 10.5 Å². The molecule has 1 aromatic heterocycles. The second-order valence-electron chi connectivity index (χ2n) is 8.43. The lowest BCUT2D eigenvalue weighted by atomic mass is 9.95. The van der Waals surface area contributed by atoms with Gasteiger partial charge in [-0.25, -0.2) is 4.68 Å². The standard InChI is InChI=1S/C19H14Cl2F5N5O2S/c20-11-5-10(34(22,23,24,25)26)6-12(21)15(11)31-16(29-9-18(8-28)1-2-18)14(13(7-27)30-31)19(3-4-19)17(32)33/h5-6,29H,1-4,9H2,(H,32,33). The van der Waals surface area contributed by atoms with Crippen LogP contribution in [0.25, 0.3) is 5.69 Å². The third kappa shape index (κ3) is 4.02. The van der Waals surface area contributed by atoms with Crippen molar-refractivity contribution in [3.05, 3.63) is 33.4 Å². The highest BCUT2D eigenvalue weighted by Gasteiger charge is 2.66. The predicted molar refractivity (Wildman–Crippen MR) is 114 cm³/mol. The summed E-state index contributed by atoms with van der Waals surface area (Å²) in [5, 5.41) is 34.0. The number of carbonyl (C=O) groups is 1. The van der Waals surface area contributed by atoms with Gasteiger partial charge >= 0.3 is 16.2 Å². The highest BCUT2D eigenvalue weighted by Crippen LogP contribution is 3.02. The summed E-state index contributed by atoms with van der Waals surface area (Å²) in [7, 11) is -10.1. The summed E-state index contributed by atoms with van der Waals surface area (Å²) in [6.07, 6.45) is 1.42. The number of nitriles is 2. The Balaban J connectivity index is 1.94. The molecule has 1 aromatic carbocycles. The Labute approximate surface area is 199 Å². The first-order valence-electron chi connectivity index (χ1n) is 9.63. The van der Waals surface area contributed by atoms with Crippen LogP contribution in [0.1, 0.15) is 36.9 Å². The van der Waals surface area contributed by atoms with E-state index in [2.05, 4.69) is 16.5 Å². The van der Waals surface area contributed by atoms with Crippen molar-refractivity contribution in [3.63, 3.8) is 0 Å². The number of aliphatic carboxylic acids is 1. The first-order valence-corrected chi connectivity index (χ1v) is 12.3. The smallest absolute Gasteiger partial charge is 0.314 e. The molecule has 15 heteroatoms. The minimum atomic E-state index is -10.1. The molecule has 0 aliphatic heterocycles. The number of anilines is 1. The minimum absolute atomic E-state index is 0.00323. The summed E-state index contributed by atoms with van der Waals surface area (Å²) in [4.78, 5) is 9.68. The van der Waals surface area contributed by atoms with Crippen LogP contribution in [0.15, 0.2) is 17.0 Å². The van der Waals surface area contributed by atoms with Gasteiger partial charge < -0.3 is 10.4 Å². The van der Waals surface area contributed by atoms with Crippen LogP contribution in [0, 0.1) is 28.1 Å². The number of halogens is 7. The van der Waals surface area contributed by atoms with Gasteiger partial charge in [0, 0.05) is 6.54 Å². The third-order valence-electron chi connectivity index (χ3n) is 5.96. The molecule has 2 fully saturated rings. The normalized spacial score (nSPS) is 19.8. The summed E-state index contributed by atoms with van der Waals surface area (Å²) in [6.45, 7) is 0.0154. The van der Waals surface area contributed by atoms with Crippen LogP contribution in [0.2, 0.25) is 10.0 Å². The van der Waals surface area contributed by atoms with Crippen LogP contribution in [0.5, 0.6) is 0 Å². The number of nitrogens with one attached hydrogen (secondary N) is 1. The summed E-state index contributed by atoms with van der Waals surface area (Å²) < 4.78 is 67.4. The monoisotopic (exact) mass is 541 g/mol. The number of rotatable bonds is 7. The molecule has 34 heavy (non-hydrogen) atoms. The van der Waals surface area contributed by atoms with Gasteiger partial charge in [0.25, 0.3) is 0 Å². The molecule has 1 heterocycles. The number of nitrogens with zero attached hydrogens (tertiary/aromatic N) is 4. The van der Waals surface area contributed by atoms with Gasteiger partial charge in [-0.05, 0) is 37.8 Å². The van der Waals surface area contributed by atoms with Crippen molar-refractivity contribution in [2.75, 3.05) is 11.9 Å². The molecule has 7 nitrogen and oxygen atoms in total. The zero-order valence-electron chi connectivity index (χ0n) is 16.9. The number of hydrogen-bond acceptors (Lipinski definition) is 5. The van der Waals surface area contributed by atoms with Gasteiger partial charge in [0.05, 0.1) is 32.5 Å². The fraction of sp³-hybridized carbons (Fsp3) is 0.368. The summed E-state index contributed by atoms with van der Waals surface area (Å²) in [5.74, 6) is -1.36. The Morgan fingerprint density at radius 1 is 1.15 bits per heavy atom. The maximum Gasteiger partial charge on any atom is 0.314 e. The minimum Gasteiger partial charge on any atom is -0.481 e. The van der Waals surface area contributed by atoms with E-state index in [4.69, 9.17) is 23.2 Å². The molecule has 0 saturated heterocycles. The molecule has 0 spiro atoms. The van der Waals surface area contributed by atoms with Crippen LogP contribution >= 0.6 is 33.4 Å². The topological polar surface area (TPSA) is 115 Å². The molecule has 2 N–H and O–H groups in total. The van der Waals surface area contributed by atoms with E-state index < -0.39 is 47.7 Å². The first-order chi connectivity index (χ1) is 15.5. The number of carboxylic acid groups (broad SMARTS) is 1. The molecule has 0 bridgehead atoms. The van der Waals surface area contributed by atoms with E-state index in [-0.39, 0.29) is 48.6 Å². The van der Waals surface area contributed by atoms with Gasteiger partial charge in [-0.15, -0.1) is 0 Å². The van der Waals surface area contributed by atoms with E-state index in [9.17, 15) is 39.9 Å². The second kappa shape index (κ2) is 6.68. The van der Waals surface area contributed by atoms with Crippen molar-refractivity contribution in [3.8, 4) is 17.8 Å². The second-order valence-corrected chi connectivity index (χ2v) is 11.7. The molecular formula is C19H14Cl2F5N5O2S. The van der Waals surface area contributed by atoms with Crippen molar-refractivity contribution >= 4 is 45.2 Å². The van der Waals surface area contributed by atoms with Crippen molar-refractivity contribution in [1.82, 2.24) is 9.78 Å². The van der Waals surface area contributed by atoms with Gasteiger partial charge in [-0.2, -0.15) is 15.6 Å². The molecule has 0 radical (unpaired) electrons. The lowest BCUT2D eigenvalue weighted by Gasteiger charge is -2.40. The fourth-order valence-corrected chi connectivity index (χ4v) is 5.13. The SMILES string of the molecule is N#Cc1nn(-c2c(Cl)cc(S(F)(F)(F)(F)F)cc2Cl)c(NCC2(C#N)CC2)c1C1(C(=O)O)CC1. The van der Waals surface area contributed by atoms with Crippen LogP contribution in [-0.2, 0) is 10.2 Å². The van der Waals surface area contributed by atoms with Gasteiger partial charge in [0.2, 0.25) is 0 Å². The molecule has 2 aliphatic carbocycles. The van der Waals surface area contributed by atoms with Crippen LogP contribution < -0.4 is 5.32 Å². The van der Waals surface area contributed by atoms with Gasteiger partial charge in [-0.3, -0.25) is 4.79 Å². The lowest BCUT2D eigenvalue weighted by molar-refractivity contribution is -0.140. The molecule has 2 saturated carbocycles. The largest absolute Gasteiger partial charge is 0.481 e. The van der Waals surface area contributed by atoms with Crippen molar-refractivity contribution < 1.29 is 29.3 Å². The fourth-order valence-electron chi connectivity index (χ4n) is 3.67. The molecule has 182 valence electrons. The van der Waals surface area contributed by atoms with E-state index >= 15 is 0 Å². The molecule has 0 unspecified atom stereocenters. The molecule has 2 aromatic rings. The third-order valence-corrected chi connectivity index (χ3v) is 7.66. The molecule has 4 rings (SSSR count). The highest BCUT2D eigenvalue weighted by atomic mass is 35.5. The molecule has 0 amide bonds.